The van der Waals surface area contributed by atoms with Crippen molar-refractivity contribution >= 4 is 17.6 Å². The lowest BCUT2D eigenvalue weighted by atomic mass is 10.4. The molecule has 2 aromatic heterocycles. The number of rotatable bonds is 2. The molecule has 0 saturated heterocycles. The van der Waals surface area contributed by atoms with Crippen LogP contribution in [0.4, 0.5) is 0 Å². The maximum Gasteiger partial charge on any atom is 0.338 e. The molecule has 2 rings (SSSR count). The second-order valence-electron chi connectivity index (χ2n) is 2.47. The summed E-state index contributed by atoms with van der Waals surface area (Å²) in [5.74, 6) is -0.714. The van der Waals surface area contributed by atoms with E-state index in [1.807, 2.05) is 0 Å². The van der Waals surface area contributed by atoms with Crippen molar-refractivity contribution in [3.05, 3.63) is 29.2 Å². The highest BCUT2D eigenvalue weighted by Crippen LogP contribution is 2.13. The van der Waals surface area contributed by atoms with E-state index in [0.717, 1.165) is 0 Å². The average Bonchev–Trinajstić information content (AvgIpc) is 2.70. The molecule has 0 bridgehead atoms. The van der Waals surface area contributed by atoms with Gasteiger partial charge in [-0.05, 0) is 11.6 Å². The maximum atomic E-state index is 10.5. The molecule has 0 unspecified atom stereocenters. The summed E-state index contributed by atoms with van der Waals surface area (Å²) >= 11 is 5.49. The molecule has 0 amide bonds. The van der Waals surface area contributed by atoms with Crippen LogP contribution in [-0.2, 0) is 0 Å². The van der Waals surface area contributed by atoms with Gasteiger partial charge < -0.3 is 9.63 Å². The predicted molar refractivity (Wildman–Crippen MR) is 45.6 cm³/mol. The molecule has 14 heavy (non-hydrogen) atoms. The normalized spacial score (nSPS) is 10.4. The van der Waals surface area contributed by atoms with E-state index in [1.165, 1.54) is 23.1 Å². The molecule has 0 spiro atoms. The van der Waals surface area contributed by atoms with E-state index in [4.69, 9.17) is 16.7 Å². The first kappa shape index (κ1) is 8.76. The van der Waals surface area contributed by atoms with Crippen molar-refractivity contribution in [2.45, 2.75) is 0 Å². The average molecular weight is 214 g/mol. The molecule has 7 heteroatoms. The number of carboxylic acid groups (broad SMARTS) is 1. The Morgan fingerprint density at radius 1 is 1.64 bits per heavy atom. The number of halogens is 1. The second-order valence-corrected chi connectivity index (χ2v) is 2.84. The van der Waals surface area contributed by atoms with Gasteiger partial charge in [-0.3, -0.25) is 0 Å². The van der Waals surface area contributed by atoms with Crippen molar-refractivity contribution in [3.8, 4) is 5.82 Å². The first-order valence-electron chi connectivity index (χ1n) is 3.57. The molecule has 0 radical (unpaired) electrons. The standard InChI is InChI=1S/C7H4ClN3O3/c8-5-1-6(10-14-5)11-3-4(2-9-11)7(12)13/h1-3H,(H,12,13). The van der Waals surface area contributed by atoms with Crippen molar-refractivity contribution in [1.29, 1.82) is 0 Å². The minimum absolute atomic E-state index is 0.0733. The van der Waals surface area contributed by atoms with Gasteiger partial charge in [0.25, 0.3) is 0 Å². The molecule has 1 N–H and O–H groups in total. The highest BCUT2D eigenvalue weighted by Gasteiger charge is 2.09. The van der Waals surface area contributed by atoms with Gasteiger partial charge in [-0.25, -0.2) is 9.48 Å². The lowest BCUT2D eigenvalue weighted by Crippen LogP contribution is -1.95. The lowest BCUT2D eigenvalue weighted by Gasteiger charge is -1.89. The molecule has 72 valence electrons. The number of carbonyl (C=O) groups is 1. The van der Waals surface area contributed by atoms with Crippen LogP contribution in [0.25, 0.3) is 5.82 Å². The zero-order valence-electron chi connectivity index (χ0n) is 6.72. The second kappa shape index (κ2) is 3.15. The number of carboxylic acids is 1. The van der Waals surface area contributed by atoms with Gasteiger partial charge >= 0.3 is 5.97 Å². The SMILES string of the molecule is O=C(O)c1cnn(-c2cc(Cl)on2)c1. The molecule has 0 atom stereocenters. The van der Waals surface area contributed by atoms with Gasteiger partial charge in [0, 0.05) is 12.3 Å². The lowest BCUT2D eigenvalue weighted by molar-refractivity contribution is 0.0697. The molecule has 0 fully saturated rings. The van der Waals surface area contributed by atoms with Gasteiger partial charge in [0.2, 0.25) is 5.22 Å². The molecule has 0 aliphatic rings. The van der Waals surface area contributed by atoms with E-state index in [9.17, 15) is 4.79 Å². The van der Waals surface area contributed by atoms with Crippen LogP contribution in [0.5, 0.6) is 0 Å². The third kappa shape index (κ3) is 1.47. The summed E-state index contributed by atoms with van der Waals surface area (Å²) in [5, 5.41) is 16.1. The van der Waals surface area contributed by atoms with E-state index >= 15 is 0 Å². The Morgan fingerprint density at radius 2 is 2.43 bits per heavy atom. The molecule has 2 heterocycles. The third-order valence-electron chi connectivity index (χ3n) is 1.53. The Balaban J connectivity index is 2.38. The number of nitrogens with zero attached hydrogens (tertiary/aromatic N) is 3. The van der Waals surface area contributed by atoms with Crippen LogP contribution in [0, 0.1) is 0 Å². The van der Waals surface area contributed by atoms with E-state index < -0.39 is 5.97 Å². The first-order valence-corrected chi connectivity index (χ1v) is 3.95. The molecule has 0 aromatic carbocycles. The van der Waals surface area contributed by atoms with Gasteiger partial charge in [0.15, 0.2) is 5.82 Å². The van der Waals surface area contributed by atoms with Crippen molar-refractivity contribution in [1.82, 2.24) is 14.9 Å². The minimum atomic E-state index is -1.05. The van der Waals surface area contributed by atoms with Crippen LogP contribution in [0.1, 0.15) is 10.4 Å². The summed E-state index contributed by atoms with van der Waals surface area (Å²) < 4.78 is 5.86. The van der Waals surface area contributed by atoms with Crippen LogP contribution in [-0.4, -0.2) is 26.0 Å². The predicted octanol–water partition coefficient (Wildman–Crippen LogP) is 1.21. The van der Waals surface area contributed by atoms with Crippen molar-refractivity contribution in [2.24, 2.45) is 0 Å². The fourth-order valence-electron chi connectivity index (χ4n) is 0.911. The number of aromatic carboxylic acids is 1. The van der Waals surface area contributed by atoms with Crippen LogP contribution in [0.15, 0.2) is 23.0 Å². The van der Waals surface area contributed by atoms with Crippen LogP contribution < -0.4 is 0 Å². The summed E-state index contributed by atoms with van der Waals surface area (Å²) in [7, 11) is 0. The summed E-state index contributed by atoms with van der Waals surface area (Å²) in [6, 6.07) is 1.43. The zero-order chi connectivity index (χ0) is 10.1. The fraction of sp³-hybridized carbons (Fsp3) is 0. The summed E-state index contributed by atoms with van der Waals surface area (Å²) in [6.07, 6.45) is 2.53. The Kier molecular flexibility index (Phi) is 1.97. The highest BCUT2D eigenvalue weighted by atomic mass is 35.5. The van der Waals surface area contributed by atoms with Gasteiger partial charge in [-0.2, -0.15) is 5.10 Å². The monoisotopic (exact) mass is 213 g/mol. The Hall–Kier alpha value is -1.82. The van der Waals surface area contributed by atoms with Crippen molar-refractivity contribution in [2.75, 3.05) is 0 Å². The topological polar surface area (TPSA) is 81.1 Å². The molecule has 0 aliphatic carbocycles. The summed E-state index contributed by atoms with van der Waals surface area (Å²) in [5.41, 5.74) is 0.0733. The molecule has 0 aliphatic heterocycles. The van der Waals surface area contributed by atoms with Crippen molar-refractivity contribution < 1.29 is 14.4 Å². The Bertz CT molecular complexity index is 476. The van der Waals surface area contributed by atoms with Gasteiger partial charge in [-0.15, -0.1) is 0 Å². The molecule has 6 nitrogen and oxygen atoms in total. The smallest absolute Gasteiger partial charge is 0.338 e. The Morgan fingerprint density at radius 3 is 2.93 bits per heavy atom. The zero-order valence-corrected chi connectivity index (χ0v) is 7.47. The highest BCUT2D eigenvalue weighted by molar-refractivity contribution is 6.28. The summed E-state index contributed by atoms with van der Waals surface area (Å²) in [4.78, 5) is 10.5. The third-order valence-corrected chi connectivity index (χ3v) is 1.71. The van der Waals surface area contributed by atoms with E-state index in [1.54, 1.807) is 0 Å². The number of hydrogen-bond acceptors (Lipinski definition) is 4. The van der Waals surface area contributed by atoms with E-state index in [0.29, 0.717) is 5.82 Å². The van der Waals surface area contributed by atoms with E-state index in [2.05, 4.69) is 14.8 Å². The molecular weight excluding hydrogens is 210 g/mol. The number of aromatic nitrogens is 3. The van der Waals surface area contributed by atoms with Gasteiger partial charge in [0.1, 0.15) is 0 Å². The van der Waals surface area contributed by atoms with Crippen LogP contribution in [0.2, 0.25) is 5.22 Å². The van der Waals surface area contributed by atoms with Gasteiger partial charge in [-0.1, -0.05) is 5.16 Å². The van der Waals surface area contributed by atoms with Gasteiger partial charge in [0.05, 0.1) is 11.8 Å². The van der Waals surface area contributed by atoms with Crippen LogP contribution >= 0.6 is 11.6 Å². The molecule has 0 saturated carbocycles. The van der Waals surface area contributed by atoms with Crippen molar-refractivity contribution in [3.63, 3.8) is 0 Å². The quantitative estimate of drug-likeness (QED) is 0.811. The first-order chi connectivity index (χ1) is 6.66. The Labute approximate surface area is 82.7 Å². The largest absolute Gasteiger partial charge is 0.478 e. The fourth-order valence-corrected chi connectivity index (χ4v) is 1.04. The molecular formula is C7H4ClN3O3. The van der Waals surface area contributed by atoms with E-state index in [-0.39, 0.29) is 10.8 Å². The summed E-state index contributed by atoms with van der Waals surface area (Å²) in [6.45, 7) is 0. The minimum Gasteiger partial charge on any atom is -0.478 e. The number of hydrogen-bond donors (Lipinski definition) is 1. The maximum absolute atomic E-state index is 10.5. The molecule has 2 aromatic rings. The van der Waals surface area contributed by atoms with Crippen LogP contribution in [0.3, 0.4) is 0 Å².